The van der Waals surface area contributed by atoms with E-state index in [4.69, 9.17) is 5.73 Å². The molecule has 146 valence electrons. The van der Waals surface area contributed by atoms with Crippen LogP contribution >= 0.6 is 0 Å². The van der Waals surface area contributed by atoms with E-state index >= 15 is 0 Å². The van der Waals surface area contributed by atoms with Crippen molar-refractivity contribution < 1.29 is 10.2 Å². The Kier molecular flexibility index (Phi) is 4.26. The van der Waals surface area contributed by atoms with Gasteiger partial charge < -0.3 is 20.5 Å². The Balaban J connectivity index is 1.49. The van der Waals surface area contributed by atoms with Crippen molar-refractivity contribution in [2.24, 2.45) is 0 Å². The number of pyridine rings is 1. The number of aromatic nitrogens is 4. The van der Waals surface area contributed by atoms with Crippen LogP contribution in [0, 0.1) is 0 Å². The first-order valence-corrected chi connectivity index (χ1v) is 9.57. The van der Waals surface area contributed by atoms with Crippen LogP contribution in [0.2, 0.25) is 0 Å². The second-order valence-corrected chi connectivity index (χ2v) is 7.48. The average Bonchev–Trinajstić information content (AvgIpc) is 3.31. The number of benzene rings is 1. The second-order valence-electron chi connectivity index (χ2n) is 7.48. The van der Waals surface area contributed by atoms with E-state index in [1.165, 1.54) is 6.33 Å². The third-order valence-corrected chi connectivity index (χ3v) is 5.86. The number of nitrogens with two attached hydrogens (primary N) is 1. The monoisotopic (exact) mass is 387 g/mol. The van der Waals surface area contributed by atoms with Gasteiger partial charge in [-0.2, -0.15) is 0 Å². The number of aliphatic hydroxyl groups excluding tert-OH is 2. The topological polar surface area (TPSA) is 110 Å². The maximum absolute atomic E-state index is 10.8. The highest BCUT2D eigenvalue weighted by molar-refractivity contribution is 5.86. The first-order chi connectivity index (χ1) is 14.1. The molecule has 4 aromatic rings. The van der Waals surface area contributed by atoms with Crippen molar-refractivity contribution in [3.63, 3.8) is 0 Å². The number of aliphatic hydroxyl groups is 2. The fourth-order valence-corrected chi connectivity index (χ4v) is 4.36. The molecule has 0 amide bonds. The third-order valence-electron chi connectivity index (χ3n) is 5.86. The van der Waals surface area contributed by atoms with Crippen molar-refractivity contribution in [1.82, 2.24) is 19.5 Å². The minimum atomic E-state index is -0.908. The fourth-order valence-electron chi connectivity index (χ4n) is 4.36. The highest BCUT2D eigenvalue weighted by atomic mass is 16.3. The lowest BCUT2D eigenvalue weighted by atomic mass is 9.92. The van der Waals surface area contributed by atoms with Crippen molar-refractivity contribution in [3.8, 4) is 11.1 Å². The Bertz CT molecular complexity index is 1160. The van der Waals surface area contributed by atoms with Gasteiger partial charge in [0.2, 0.25) is 0 Å². The van der Waals surface area contributed by atoms with Gasteiger partial charge in [-0.3, -0.25) is 4.98 Å². The summed E-state index contributed by atoms with van der Waals surface area (Å²) in [6.45, 7) is 0. The third kappa shape index (κ3) is 2.95. The lowest BCUT2D eigenvalue weighted by Gasteiger charge is -2.19. The predicted molar refractivity (Wildman–Crippen MR) is 110 cm³/mol. The summed E-state index contributed by atoms with van der Waals surface area (Å²) in [7, 11) is 0. The summed E-state index contributed by atoms with van der Waals surface area (Å²) in [5.74, 6) is 0.214. The van der Waals surface area contributed by atoms with Crippen LogP contribution in [0.1, 0.15) is 23.9 Å². The summed E-state index contributed by atoms with van der Waals surface area (Å²) in [4.78, 5) is 12.5. The maximum atomic E-state index is 10.8. The molecule has 7 nitrogen and oxygen atoms in total. The maximum Gasteiger partial charge on any atom is 0.145 e. The van der Waals surface area contributed by atoms with Gasteiger partial charge in [0.15, 0.2) is 0 Å². The van der Waals surface area contributed by atoms with Crippen LogP contribution in [0.15, 0.2) is 67.4 Å². The van der Waals surface area contributed by atoms with Crippen LogP contribution in [0.25, 0.3) is 22.2 Å². The zero-order chi connectivity index (χ0) is 20.0. The van der Waals surface area contributed by atoms with E-state index in [1.54, 1.807) is 6.20 Å². The SMILES string of the molecule is Nc1ncnc2c1ccn2[C@@H]1C[C@H](c2cccc(-c3cccnc3)c2)[C@@H](O)[C@H]1O. The highest BCUT2D eigenvalue weighted by Crippen LogP contribution is 2.43. The molecule has 0 spiro atoms. The van der Waals surface area contributed by atoms with Gasteiger partial charge in [0.1, 0.15) is 23.9 Å². The lowest BCUT2D eigenvalue weighted by Crippen LogP contribution is -2.28. The molecular formula is C22H21N5O2. The van der Waals surface area contributed by atoms with Crippen LogP contribution in [0.4, 0.5) is 5.82 Å². The minimum absolute atomic E-state index is 0.191. The molecular weight excluding hydrogens is 366 g/mol. The molecule has 0 saturated heterocycles. The summed E-state index contributed by atoms with van der Waals surface area (Å²) in [5.41, 5.74) is 9.65. The molecule has 1 fully saturated rings. The summed E-state index contributed by atoms with van der Waals surface area (Å²) < 4.78 is 1.90. The number of hydrogen-bond donors (Lipinski definition) is 3. The zero-order valence-corrected chi connectivity index (χ0v) is 15.6. The van der Waals surface area contributed by atoms with E-state index in [0.29, 0.717) is 17.9 Å². The van der Waals surface area contributed by atoms with Gasteiger partial charge in [-0.15, -0.1) is 0 Å². The number of nitrogens with zero attached hydrogens (tertiary/aromatic N) is 4. The Labute approximate surface area is 167 Å². The average molecular weight is 387 g/mol. The van der Waals surface area contributed by atoms with Crippen molar-refractivity contribution in [3.05, 3.63) is 72.9 Å². The van der Waals surface area contributed by atoms with Crippen molar-refractivity contribution >= 4 is 16.9 Å². The molecule has 1 aromatic carbocycles. The molecule has 1 aliphatic carbocycles. The van der Waals surface area contributed by atoms with Crippen molar-refractivity contribution in [2.75, 3.05) is 5.73 Å². The van der Waals surface area contributed by atoms with E-state index in [2.05, 4.69) is 21.0 Å². The van der Waals surface area contributed by atoms with E-state index in [1.807, 2.05) is 53.4 Å². The van der Waals surface area contributed by atoms with E-state index in [9.17, 15) is 10.2 Å². The predicted octanol–water partition coefficient (Wildman–Crippen LogP) is 2.53. The molecule has 0 bridgehead atoms. The number of rotatable bonds is 3. The molecule has 7 heteroatoms. The van der Waals surface area contributed by atoms with Crippen LogP contribution in [0.5, 0.6) is 0 Å². The molecule has 0 radical (unpaired) electrons. The summed E-state index contributed by atoms with van der Waals surface area (Å²) in [6.07, 6.45) is 5.64. The molecule has 29 heavy (non-hydrogen) atoms. The molecule has 3 heterocycles. The van der Waals surface area contributed by atoms with Crippen LogP contribution in [-0.4, -0.2) is 41.9 Å². The van der Waals surface area contributed by atoms with Crippen LogP contribution in [-0.2, 0) is 0 Å². The highest BCUT2D eigenvalue weighted by Gasteiger charge is 2.43. The van der Waals surface area contributed by atoms with Gasteiger partial charge >= 0.3 is 0 Å². The number of hydrogen-bond acceptors (Lipinski definition) is 6. The number of nitrogen functional groups attached to an aromatic ring is 1. The molecule has 1 aliphatic rings. The quantitative estimate of drug-likeness (QED) is 0.498. The number of anilines is 1. The van der Waals surface area contributed by atoms with Gasteiger partial charge in [0.05, 0.1) is 17.5 Å². The normalized spacial score (nSPS) is 24.2. The van der Waals surface area contributed by atoms with Gasteiger partial charge in [-0.1, -0.05) is 30.3 Å². The Morgan fingerprint density at radius 1 is 1.00 bits per heavy atom. The first kappa shape index (κ1) is 17.8. The zero-order valence-electron chi connectivity index (χ0n) is 15.6. The van der Waals surface area contributed by atoms with Crippen molar-refractivity contribution in [1.29, 1.82) is 0 Å². The smallest absolute Gasteiger partial charge is 0.145 e. The van der Waals surface area contributed by atoms with E-state index < -0.39 is 12.2 Å². The molecule has 4 N–H and O–H groups in total. The second kappa shape index (κ2) is 6.95. The largest absolute Gasteiger partial charge is 0.390 e. The Morgan fingerprint density at radius 3 is 2.69 bits per heavy atom. The summed E-state index contributed by atoms with van der Waals surface area (Å²) in [5, 5.41) is 22.4. The summed E-state index contributed by atoms with van der Waals surface area (Å²) in [6, 6.07) is 13.5. The van der Waals surface area contributed by atoms with Crippen LogP contribution < -0.4 is 5.73 Å². The van der Waals surface area contributed by atoms with Gasteiger partial charge in [-0.05, 0) is 35.2 Å². The van der Waals surface area contributed by atoms with Crippen molar-refractivity contribution in [2.45, 2.75) is 30.6 Å². The summed E-state index contributed by atoms with van der Waals surface area (Å²) >= 11 is 0. The minimum Gasteiger partial charge on any atom is -0.390 e. The lowest BCUT2D eigenvalue weighted by molar-refractivity contribution is 0.0179. The Morgan fingerprint density at radius 2 is 1.86 bits per heavy atom. The Hall–Kier alpha value is -3.29. The van der Waals surface area contributed by atoms with Crippen LogP contribution in [0.3, 0.4) is 0 Å². The van der Waals surface area contributed by atoms with E-state index in [0.717, 1.165) is 22.1 Å². The molecule has 0 unspecified atom stereocenters. The number of fused-ring (bicyclic) bond motifs is 1. The molecule has 1 saturated carbocycles. The fraction of sp³-hybridized carbons (Fsp3) is 0.227. The van der Waals surface area contributed by atoms with Gasteiger partial charge in [-0.25, -0.2) is 9.97 Å². The standard InChI is InChI=1S/C22H21N5O2/c23-21-16-6-8-27(22(16)26-12-25-21)18-10-17(19(28)20(18)29)14-4-1-3-13(9-14)15-5-2-7-24-11-15/h1-9,11-12,17-20,28-29H,10H2,(H2,23,25,26)/t17-,18-,19-,20+/m1/s1. The molecule has 0 aliphatic heterocycles. The van der Waals surface area contributed by atoms with E-state index in [-0.39, 0.29) is 12.0 Å². The van der Waals surface area contributed by atoms with Gasteiger partial charge in [0.25, 0.3) is 0 Å². The van der Waals surface area contributed by atoms with Gasteiger partial charge in [0, 0.05) is 24.5 Å². The molecule has 3 aromatic heterocycles. The molecule has 4 atom stereocenters. The molecule has 5 rings (SSSR count). The first-order valence-electron chi connectivity index (χ1n) is 9.57.